The highest BCUT2D eigenvalue weighted by Crippen LogP contribution is 2.31. The summed E-state index contributed by atoms with van der Waals surface area (Å²) in [4.78, 5) is 49.7. The number of ether oxygens (including phenoxy) is 12. The SMILES string of the molecule is C#CCOc1ccc(N=Nc2ccc(OCCO[C@@H]3O[C@H](COCCCNC(=O)OC(C)(C)C)[C@@H](OCCCNC(=O)OC(C)(C)C)[C@H](OCCCNC(=O)OC(C)(C)C)[C@@H]3OCCCNC(=O)OC(C)(C)C)cc2)cc1. The summed E-state index contributed by atoms with van der Waals surface area (Å²) in [6.45, 7) is 23.4. The molecule has 0 bridgehead atoms. The molecule has 0 spiro atoms. The minimum atomic E-state index is -1.06. The Morgan fingerprint density at radius 2 is 0.870 bits per heavy atom. The van der Waals surface area contributed by atoms with Crippen LogP contribution in [0.2, 0.25) is 0 Å². The molecule has 0 aromatic heterocycles. The van der Waals surface area contributed by atoms with Gasteiger partial charge in [-0.15, -0.1) is 6.42 Å². The van der Waals surface area contributed by atoms with Gasteiger partial charge in [-0.2, -0.15) is 10.2 Å². The second-order valence-electron chi connectivity index (χ2n) is 21.7. The van der Waals surface area contributed by atoms with Gasteiger partial charge in [-0.1, -0.05) is 5.92 Å². The molecule has 1 aliphatic heterocycles. The maximum absolute atomic E-state index is 12.5. The maximum Gasteiger partial charge on any atom is 0.407 e. The zero-order chi connectivity index (χ0) is 56.9. The van der Waals surface area contributed by atoms with E-state index in [-0.39, 0.29) is 72.5 Å². The molecule has 4 N–H and O–H groups in total. The average molecular weight is 1090 g/mol. The molecule has 0 unspecified atom stereocenters. The Hall–Kier alpha value is -5.96. The van der Waals surface area contributed by atoms with E-state index < -0.39 is 77.5 Å². The van der Waals surface area contributed by atoms with Gasteiger partial charge in [0, 0.05) is 52.6 Å². The van der Waals surface area contributed by atoms with Gasteiger partial charge in [-0.25, -0.2) is 19.2 Å². The Morgan fingerprint density at radius 1 is 0.494 bits per heavy atom. The minimum Gasteiger partial charge on any atom is -0.491 e. The fourth-order valence-electron chi connectivity index (χ4n) is 6.76. The second kappa shape index (κ2) is 33.4. The van der Waals surface area contributed by atoms with Crippen molar-refractivity contribution in [3.63, 3.8) is 0 Å². The number of hydrogen-bond acceptors (Lipinski definition) is 18. The van der Waals surface area contributed by atoms with E-state index in [1.807, 2.05) is 0 Å². The van der Waals surface area contributed by atoms with Gasteiger partial charge in [0.2, 0.25) is 0 Å². The van der Waals surface area contributed by atoms with Crippen LogP contribution < -0.4 is 30.7 Å². The van der Waals surface area contributed by atoms with Gasteiger partial charge in [0.15, 0.2) is 6.29 Å². The highest BCUT2D eigenvalue weighted by molar-refractivity contribution is 5.68. The number of carbonyl (C=O) groups is 4. The van der Waals surface area contributed by atoms with Crippen molar-refractivity contribution in [3.8, 4) is 23.8 Å². The molecule has 3 rings (SSSR count). The standard InChI is InChI=1S/C55H86N6O16/c1-14-31-67-41-23-19-39(20-24-41)60-61-40-21-25-42(26-22-40)68-36-37-72-47-46(71-35-18-30-59-51(65)77-55(11,12)13)45(70-34-17-29-58-50(64)76-54(8,9)10)44(69-33-16-28-57-49(63)75-53(5,6)7)43(73-47)38-66-32-15-27-56-48(62)74-52(2,3)4/h1,19-26,43-47H,15-18,27-38H2,2-13H3,(H,56,62)(H,57,63)(H,58,64)(H,59,65)/t43-,44-,45+,46+,47-/m1/s1. The van der Waals surface area contributed by atoms with E-state index in [2.05, 4.69) is 37.4 Å². The predicted molar refractivity (Wildman–Crippen MR) is 287 cm³/mol. The topological polar surface area (TPSA) is 252 Å². The molecule has 0 radical (unpaired) electrons. The van der Waals surface area contributed by atoms with Crippen LogP contribution >= 0.6 is 0 Å². The number of carbonyl (C=O) groups excluding carboxylic acids is 4. The van der Waals surface area contributed by atoms with Gasteiger partial charge in [0.1, 0.15) is 71.5 Å². The number of azo groups is 1. The van der Waals surface area contributed by atoms with Crippen LogP contribution in [0, 0.1) is 12.3 Å². The molecule has 22 heteroatoms. The molecule has 0 aliphatic carbocycles. The van der Waals surface area contributed by atoms with Crippen LogP contribution in [-0.2, 0) is 47.4 Å². The van der Waals surface area contributed by atoms with Gasteiger partial charge in [0.05, 0.1) is 24.6 Å². The van der Waals surface area contributed by atoms with Crippen LogP contribution in [0.3, 0.4) is 0 Å². The fraction of sp³-hybridized carbons (Fsp3) is 0.673. The summed E-state index contributed by atoms with van der Waals surface area (Å²) in [7, 11) is 0. The molecule has 4 amide bonds. The summed E-state index contributed by atoms with van der Waals surface area (Å²) in [6.07, 6.45) is 0.247. The zero-order valence-electron chi connectivity index (χ0n) is 47.3. The lowest BCUT2D eigenvalue weighted by Gasteiger charge is -2.46. The Kier molecular flexibility index (Phi) is 28.3. The number of benzene rings is 2. The number of alkyl carbamates (subject to hydrolysis) is 4. The van der Waals surface area contributed by atoms with E-state index in [0.717, 1.165) is 0 Å². The van der Waals surface area contributed by atoms with E-state index >= 15 is 0 Å². The Labute approximate surface area is 455 Å². The molecule has 0 saturated carbocycles. The smallest absolute Gasteiger partial charge is 0.407 e. The largest absolute Gasteiger partial charge is 0.491 e. The summed E-state index contributed by atoms with van der Waals surface area (Å²) in [6, 6.07) is 14.1. The molecule has 1 fully saturated rings. The van der Waals surface area contributed by atoms with Gasteiger partial charge in [0.25, 0.3) is 0 Å². The Morgan fingerprint density at radius 3 is 1.27 bits per heavy atom. The number of rotatable bonds is 30. The third kappa shape index (κ3) is 30.5. The average Bonchev–Trinajstić information content (AvgIpc) is 3.31. The van der Waals surface area contributed by atoms with Crippen LogP contribution in [-0.4, -0.2) is 157 Å². The quantitative estimate of drug-likeness (QED) is 0.0246. The van der Waals surface area contributed by atoms with E-state index in [4.69, 9.17) is 63.3 Å². The van der Waals surface area contributed by atoms with E-state index in [9.17, 15) is 19.2 Å². The first-order chi connectivity index (χ1) is 36.3. The lowest BCUT2D eigenvalue weighted by atomic mass is 9.98. The van der Waals surface area contributed by atoms with Crippen molar-refractivity contribution in [2.45, 2.75) is 162 Å². The van der Waals surface area contributed by atoms with Gasteiger partial charge in [-0.05, 0) is 157 Å². The van der Waals surface area contributed by atoms with E-state index in [1.54, 1.807) is 132 Å². The van der Waals surface area contributed by atoms with Crippen LogP contribution in [0.4, 0.5) is 30.6 Å². The van der Waals surface area contributed by atoms with Crippen molar-refractivity contribution in [3.05, 3.63) is 48.5 Å². The van der Waals surface area contributed by atoms with Crippen LogP contribution in [0.5, 0.6) is 11.5 Å². The number of amides is 4. The number of nitrogens with zero attached hydrogens (tertiary/aromatic N) is 2. The molecule has 432 valence electrons. The first-order valence-electron chi connectivity index (χ1n) is 26.2. The zero-order valence-corrected chi connectivity index (χ0v) is 47.3. The maximum atomic E-state index is 12.5. The van der Waals surface area contributed by atoms with Crippen molar-refractivity contribution in [1.29, 1.82) is 0 Å². The van der Waals surface area contributed by atoms with Crippen LogP contribution in [0.15, 0.2) is 58.8 Å². The second-order valence-corrected chi connectivity index (χ2v) is 21.7. The molecule has 2 aromatic rings. The van der Waals surface area contributed by atoms with Crippen molar-refractivity contribution in [2.24, 2.45) is 10.2 Å². The monoisotopic (exact) mass is 1090 g/mol. The Balaban J connectivity index is 1.85. The molecule has 5 atom stereocenters. The summed E-state index contributed by atoms with van der Waals surface area (Å²) in [5.74, 6) is 3.62. The van der Waals surface area contributed by atoms with Crippen LogP contribution in [0.1, 0.15) is 109 Å². The first kappa shape index (κ1) is 65.3. The summed E-state index contributed by atoms with van der Waals surface area (Å²) in [5.41, 5.74) is -1.44. The highest BCUT2D eigenvalue weighted by Gasteiger charge is 2.49. The van der Waals surface area contributed by atoms with Crippen molar-refractivity contribution >= 4 is 35.7 Å². The predicted octanol–water partition coefficient (Wildman–Crippen LogP) is 9.07. The highest BCUT2D eigenvalue weighted by atomic mass is 16.7. The van der Waals surface area contributed by atoms with Crippen molar-refractivity contribution in [2.75, 3.05) is 79.0 Å². The number of hydrogen-bond donors (Lipinski definition) is 4. The van der Waals surface area contributed by atoms with Crippen molar-refractivity contribution < 1.29 is 76.0 Å². The molecule has 1 saturated heterocycles. The third-order valence-electron chi connectivity index (χ3n) is 9.82. The first-order valence-corrected chi connectivity index (χ1v) is 26.2. The molecule has 1 heterocycles. The van der Waals surface area contributed by atoms with Crippen molar-refractivity contribution in [1.82, 2.24) is 21.3 Å². The lowest BCUT2D eigenvalue weighted by Crippen LogP contribution is -2.62. The van der Waals surface area contributed by atoms with Gasteiger partial charge in [-0.3, -0.25) is 0 Å². The molecular weight excluding hydrogens is 1000 g/mol. The van der Waals surface area contributed by atoms with E-state index in [0.29, 0.717) is 55.1 Å². The summed E-state index contributed by atoms with van der Waals surface area (Å²) in [5, 5.41) is 19.6. The van der Waals surface area contributed by atoms with Crippen LogP contribution in [0.25, 0.3) is 0 Å². The van der Waals surface area contributed by atoms with Gasteiger partial charge >= 0.3 is 24.4 Å². The molecular formula is C55H86N6O16. The third-order valence-corrected chi connectivity index (χ3v) is 9.82. The lowest BCUT2D eigenvalue weighted by molar-refractivity contribution is -0.324. The van der Waals surface area contributed by atoms with Gasteiger partial charge < -0.3 is 78.1 Å². The molecule has 77 heavy (non-hydrogen) atoms. The summed E-state index contributed by atoms with van der Waals surface area (Å²) >= 11 is 0. The van der Waals surface area contributed by atoms with E-state index in [1.165, 1.54) is 0 Å². The molecule has 22 nitrogen and oxygen atoms in total. The molecule has 1 aliphatic rings. The number of terminal acetylenes is 1. The molecule has 2 aromatic carbocycles. The Bertz CT molecular complexity index is 2110. The fourth-order valence-corrected chi connectivity index (χ4v) is 6.76. The number of nitrogens with one attached hydrogen (secondary N) is 4. The summed E-state index contributed by atoms with van der Waals surface area (Å²) < 4.78 is 72.2. The minimum absolute atomic E-state index is 0.0200. The normalized spacial score (nSPS) is 17.9.